The Balaban J connectivity index is 2.57. The topological polar surface area (TPSA) is 35.8 Å². The van der Waals surface area contributed by atoms with E-state index in [-0.39, 0.29) is 10.8 Å². The van der Waals surface area contributed by atoms with Crippen molar-refractivity contribution in [1.82, 2.24) is 4.72 Å². The van der Waals surface area contributed by atoms with Crippen LogP contribution in [0.15, 0.2) is 16.8 Å². The molecule has 0 aliphatic rings. The van der Waals surface area contributed by atoms with Gasteiger partial charge in [-0.05, 0) is 43.2 Å². The summed E-state index contributed by atoms with van der Waals surface area (Å²) in [6, 6.07) is 4.44. The summed E-state index contributed by atoms with van der Waals surface area (Å²) in [5, 5.41) is 12.9. The molecule has 0 aromatic carbocycles. The second-order valence-electron chi connectivity index (χ2n) is 4.30. The van der Waals surface area contributed by atoms with Crippen molar-refractivity contribution in [3.8, 4) is 6.07 Å². The van der Waals surface area contributed by atoms with Crippen molar-refractivity contribution >= 4 is 23.3 Å². The molecule has 0 fully saturated rings. The van der Waals surface area contributed by atoms with Gasteiger partial charge in [-0.3, -0.25) is 4.72 Å². The average molecular weight is 240 g/mol. The summed E-state index contributed by atoms with van der Waals surface area (Å²) in [4.78, 5) is 0. The van der Waals surface area contributed by atoms with E-state index in [1.807, 2.05) is 5.38 Å². The zero-order chi connectivity index (χ0) is 11.3. The summed E-state index contributed by atoms with van der Waals surface area (Å²) in [5.74, 6) is 0. The third-order valence-corrected chi connectivity index (χ3v) is 3.46. The smallest absolute Gasteiger partial charge is 0.0642 e. The van der Waals surface area contributed by atoms with Crippen molar-refractivity contribution in [3.05, 3.63) is 22.4 Å². The first-order valence-electron chi connectivity index (χ1n) is 4.85. The van der Waals surface area contributed by atoms with Gasteiger partial charge in [0.15, 0.2) is 0 Å². The minimum atomic E-state index is 0.144. The molecule has 1 heterocycles. The van der Waals surface area contributed by atoms with Crippen molar-refractivity contribution in [2.24, 2.45) is 0 Å². The zero-order valence-corrected chi connectivity index (χ0v) is 10.9. The molecule has 0 aliphatic heterocycles. The van der Waals surface area contributed by atoms with Crippen LogP contribution in [0.2, 0.25) is 0 Å². The molecule has 0 aliphatic carbocycles. The fourth-order valence-electron chi connectivity index (χ4n) is 1.04. The predicted molar refractivity (Wildman–Crippen MR) is 67.8 cm³/mol. The lowest BCUT2D eigenvalue weighted by Gasteiger charge is -2.22. The predicted octanol–water partition coefficient (Wildman–Crippen LogP) is 3.74. The molecule has 0 unspecified atom stereocenters. The molecule has 0 radical (unpaired) electrons. The van der Waals surface area contributed by atoms with E-state index < -0.39 is 0 Å². The molecule has 1 atom stereocenters. The quantitative estimate of drug-likeness (QED) is 0.814. The molecule has 1 rings (SSSR count). The van der Waals surface area contributed by atoms with Crippen LogP contribution in [0.25, 0.3) is 0 Å². The van der Waals surface area contributed by atoms with Crippen molar-refractivity contribution in [1.29, 1.82) is 5.26 Å². The van der Waals surface area contributed by atoms with Crippen LogP contribution in [0.1, 0.15) is 38.8 Å². The molecule has 2 nitrogen and oxygen atoms in total. The van der Waals surface area contributed by atoms with E-state index in [4.69, 9.17) is 5.26 Å². The number of nitrogens with zero attached hydrogens (tertiary/aromatic N) is 1. The summed E-state index contributed by atoms with van der Waals surface area (Å²) < 4.78 is 3.53. The summed E-state index contributed by atoms with van der Waals surface area (Å²) in [6.45, 7) is 6.46. The summed E-state index contributed by atoms with van der Waals surface area (Å²) in [6.07, 6.45) is 0.514. The maximum Gasteiger partial charge on any atom is 0.0642 e. The Morgan fingerprint density at radius 2 is 2.33 bits per heavy atom. The molecular weight excluding hydrogens is 224 g/mol. The van der Waals surface area contributed by atoms with Crippen LogP contribution in [0.4, 0.5) is 0 Å². The lowest BCUT2D eigenvalue weighted by atomic mass is 10.1. The molecule has 1 N–H and O–H groups in total. The SMILES string of the molecule is CC(C)(C)SN[C@@H](CC#N)c1ccsc1. The molecule has 1 aromatic rings. The lowest BCUT2D eigenvalue weighted by Crippen LogP contribution is -2.21. The zero-order valence-electron chi connectivity index (χ0n) is 9.28. The highest BCUT2D eigenvalue weighted by atomic mass is 32.2. The number of thiophene rings is 1. The van der Waals surface area contributed by atoms with E-state index in [9.17, 15) is 0 Å². The molecule has 4 heteroatoms. The molecule has 0 saturated heterocycles. The van der Waals surface area contributed by atoms with Gasteiger partial charge >= 0.3 is 0 Å². The van der Waals surface area contributed by atoms with Gasteiger partial charge in [-0.15, -0.1) is 0 Å². The van der Waals surface area contributed by atoms with Gasteiger partial charge in [-0.1, -0.05) is 11.9 Å². The van der Waals surface area contributed by atoms with E-state index in [1.165, 1.54) is 5.56 Å². The van der Waals surface area contributed by atoms with Gasteiger partial charge in [0.25, 0.3) is 0 Å². The van der Waals surface area contributed by atoms with Crippen LogP contribution in [-0.4, -0.2) is 4.75 Å². The van der Waals surface area contributed by atoms with Gasteiger partial charge in [-0.25, -0.2) is 0 Å². The Hall–Kier alpha value is -0.500. The Kier molecular flexibility index (Phi) is 4.65. The van der Waals surface area contributed by atoms with Gasteiger partial charge in [0.2, 0.25) is 0 Å². The van der Waals surface area contributed by atoms with Crippen molar-refractivity contribution in [2.75, 3.05) is 0 Å². The van der Waals surface area contributed by atoms with E-state index in [0.29, 0.717) is 6.42 Å². The minimum absolute atomic E-state index is 0.144. The number of nitriles is 1. The highest BCUT2D eigenvalue weighted by Crippen LogP contribution is 2.27. The maximum atomic E-state index is 8.77. The van der Waals surface area contributed by atoms with E-state index in [1.54, 1.807) is 23.3 Å². The normalized spacial score (nSPS) is 13.5. The second-order valence-corrected chi connectivity index (χ2v) is 6.75. The third kappa shape index (κ3) is 4.70. The Morgan fingerprint density at radius 1 is 1.60 bits per heavy atom. The monoisotopic (exact) mass is 240 g/mol. The Bertz CT molecular complexity index is 319. The van der Waals surface area contributed by atoms with Crippen LogP contribution in [0, 0.1) is 11.3 Å². The lowest BCUT2D eigenvalue weighted by molar-refractivity contribution is 0.681. The van der Waals surface area contributed by atoms with Crippen molar-refractivity contribution in [2.45, 2.75) is 38.0 Å². The number of rotatable bonds is 4. The molecule has 0 saturated carbocycles. The molecule has 0 bridgehead atoms. The Morgan fingerprint density at radius 3 is 2.80 bits per heavy atom. The van der Waals surface area contributed by atoms with Gasteiger partial charge in [0.1, 0.15) is 0 Å². The first-order chi connectivity index (χ1) is 7.03. The van der Waals surface area contributed by atoms with Crippen LogP contribution >= 0.6 is 23.3 Å². The molecule has 82 valence electrons. The first kappa shape index (κ1) is 12.6. The van der Waals surface area contributed by atoms with Crippen molar-refractivity contribution < 1.29 is 0 Å². The fraction of sp³-hybridized carbons (Fsp3) is 0.545. The van der Waals surface area contributed by atoms with Gasteiger partial charge in [0, 0.05) is 4.75 Å². The molecule has 1 aromatic heterocycles. The minimum Gasteiger partial charge on any atom is -0.255 e. The fourth-order valence-corrected chi connectivity index (χ4v) is 2.47. The maximum absolute atomic E-state index is 8.77. The van der Waals surface area contributed by atoms with Gasteiger partial charge in [0.05, 0.1) is 18.5 Å². The standard InChI is InChI=1S/C11H16N2S2/c1-11(2,3)15-13-10(4-6-12)9-5-7-14-8-9/h5,7-8,10,13H,4H2,1-3H3/t10-/m0/s1. The first-order valence-corrected chi connectivity index (χ1v) is 6.61. The highest BCUT2D eigenvalue weighted by molar-refractivity contribution is 7.98. The van der Waals surface area contributed by atoms with E-state index in [2.05, 4.69) is 43.0 Å². The van der Waals surface area contributed by atoms with Gasteiger partial charge < -0.3 is 0 Å². The molecule has 15 heavy (non-hydrogen) atoms. The number of nitrogens with one attached hydrogen (secondary N) is 1. The second kappa shape index (κ2) is 5.55. The number of hydrogen-bond acceptors (Lipinski definition) is 4. The van der Waals surface area contributed by atoms with Crippen LogP contribution in [0.3, 0.4) is 0 Å². The van der Waals surface area contributed by atoms with Crippen LogP contribution < -0.4 is 4.72 Å². The van der Waals surface area contributed by atoms with E-state index in [0.717, 1.165) is 0 Å². The van der Waals surface area contributed by atoms with Gasteiger partial charge in [-0.2, -0.15) is 16.6 Å². The average Bonchev–Trinajstić information content (AvgIpc) is 2.63. The van der Waals surface area contributed by atoms with Crippen LogP contribution in [0.5, 0.6) is 0 Å². The molecule has 0 amide bonds. The van der Waals surface area contributed by atoms with E-state index >= 15 is 0 Å². The van der Waals surface area contributed by atoms with Crippen molar-refractivity contribution in [3.63, 3.8) is 0 Å². The third-order valence-electron chi connectivity index (χ3n) is 1.75. The molecule has 0 spiro atoms. The largest absolute Gasteiger partial charge is 0.255 e. The number of hydrogen-bond donors (Lipinski definition) is 1. The molecular formula is C11H16N2S2. The Labute approximate surface area is 99.8 Å². The summed E-state index contributed by atoms with van der Waals surface area (Å²) >= 11 is 3.35. The van der Waals surface area contributed by atoms with Crippen LogP contribution in [-0.2, 0) is 0 Å². The summed E-state index contributed by atoms with van der Waals surface area (Å²) in [5.41, 5.74) is 1.21. The summed E-state index contributed by atoms with van der Waals surface area (Å²) in [7, 11) is 0. The highest BCUT2D eigenvalue weighted by Gasteiger charge is 2.16.